The van der Waals surface area contributed by atoms with Gasteiger partial charge in [-0.15, -0.1) is 6.58 Å². The molecule has 0 saturated heterocycles. The highest BCUT2D eigenvalue weighted by Gasteiger charge is 2.09. The lowest BCUT2D eigenvalue weighted by atomic mass is 10.1. The summed E-state index contributed by atoms with van der Waals surface area (Å²) in [5, 5.41) is 6.45. The lowest BCUT2D eigenvalue weighted by molar-refractivity contribution is 0.355. The van der Waals surface area contributed by atoms with E-state index >= 15 is 0 Å². The van der Waals surface area contributed by atoms with Crippen LogP contribution in [-0.2, 0) is 0 Å². The number of nitrogens with zero attached hydrogens (tertiary/aromatic N) is 2. The third kappa shape index (κ3) is 4.55. The molecule has 27 heavy (non-hydrogen) atoms. The molecule has 2 aromatic carbocycles. The van der Waals surface area contributed by atoms with Crippen LogP contribution < -0.4 is 20.1 Å². The van der Waals surface area contributed by atoms with Gasteiger partial charge in [-0.05, 0) is 12.1 Å². The average molecular weight is 362 g/mol. The van der Waals surface area contributed by atoms with E-state index in [9.17, 15) is 0 Å². The first kappa shape index (κ1) is 18.3. The number of hydrogen-bond acceptors (Lipinski definition) is 6. The summed E-state index contributed by atoms with van der Waals surface area (Å²) in [6, 6.07) is 17.5. The van der Waals surface area contributed by atoms with Crippen LogP contribution in [-0.4, -0.2) is 30.7 Å². The SMILES string of the molecule is C=CCNc1nc(Nc2ccc(OC)c(OC)c2)cc(-c2ccccc2)n1. The maximum atomic E-state index is 5.36. The van der Waals surface area contributed by atoms with E-state index in [1.165, 1.54) is 0 Å². The molecule has 0 spiro atoms. The molecule has 0 amide bonds. The fraction of sp³-hybridized carbons (Fsp3) is 0.143. The van der Waals surface area contributed by atoms with Gasteiger partial charge in [-0.1, -0.05) is 36.4 Å². The topological polar surface area (TPSA) is 68.3 Å². The van der Waals surface area contributed by atoms with Gasteiger partial charge in [0, 0.05) is 29.9 Å². The van der Waals surface area contributed by atoms with Crippen molar-refractivity contribution in [3.05, 3.63) is 67.3 Å². The molecule has 0 atom stereocenters. The first-order valence-electron chi connectivity index (χ1n) is 8.52. The monoisotopic (exact) mass is 362 g/mol. The smallest absolute Gasteiger partial charge is 0.225 e. The largest absolute Gasteiger partial charge is 0.493 e. The van der Waals surface area contributed by atoms with Crippen molar-refractivity contribution in [3.8, 4) is 22.8 Å². The molecule has 0 aliphatic carbocycles. The van der Waals surface area contributed by atoms with Crippen molar-refractivity contribution >= 4 is 17.5 Å². The van der Waals surface area contributed by atoms with Crippen molar-refractivity contribution in [2.24, 2.45) is 0 Å². The summed E-state index contributed by atoms with van der Waals surface area (Å²) in [6.07, 6.45) is 1.76. The van der Waals surface area contributed by atoms with Crippen LogP contribution in [0.2, 0.25) is 0 Å². The molecule has 1 aromatic heterocycles. The standard InChI is InChI=1S/C21H22N4O2/c1-4-12-22-21-24-17(15-8-6-5-7-9-15)14-20(25-21)23-16-10-11-18(26-2)19(13-16)27-3/h4-11,13-14H,1,12H2,2-3H3,(H2,22,23,24,25). The minimum Gasteiger partial charge on any atom is -0.493 e. The Bertz CT molecular complexity index is 913. The van der Waals surface area contributed by atoms with Gasteiger partial charge in [-0.3, -0.25) is 0 Å². The number of hydrogen-bond donors (Lipinski definition) is 2. The number of benzene rings is 2. The summed E-state index contributed by atoms with van der Waals surface area (Å²) >= 11 is 0. The zero-order valence-corrected chi connectivity index (χ0v) is 15.4. The van der Waals surface area contributed by atoms with Gasteiger partial charge < -0.3 is 20.1 Å². The maximum absolute atomic E-state index is 5.36. The van der Waals surface area contributed by atoms with Crippen molar-refractivity contribution in [2.45, 2.75) is 0 Å². The second-order valence-corrected chi connectivity index (χ2v) is 5.69. The Morgan fingerprint density at radius 2 is 1.74 bits per heavy atom. The lowest BCUT2D eigenvalue weighted by Crippen LogP contribution is -2.06. The second kappa shape index (κ2) is 8.71. The molecular weight excluding hydrogens is 340 g/mol. The molecule has 0 fully saturated rings. The number of anilines is 3. The van der Waals surface area contributed by atoms with Gasteiger partial charge in [0.25, 0.3) is 0 Å². The molecule has 6 nitrogen and oxygen atoms in total. The van der Waals surface area contributed by atoms with Crippen molar-refractivity contribution in [1.82, 2.24) is 9.97 Å². The molecule has 0 bridgehead atoms. The van der Waals surface area contributed by atoms with E-state index in [1.807, 2.05) is 54.6 Å². The molecule has 0 aliphatic heterocycles. The van der Waals surface area contributed by atoms with Crippen LogP contribution in [0.4, 0.5) is 17.5 Å². The van der Waals surface area contributed by atoms with Crippen LogP contribution in [0.3, 0.4) is 0 Å². The van der Waals surface area contributed by atoms with Crippen LogP contribution in [0, 0.1) is 0 Å². The molecule has 3 aromatic rings. The highest BCUT2D eigenvalue weighted by atomic mass is 16.5. The minimum absolute atomic E-state index is 0.527. The first-order valence-corrected chi connectivity index (χ1v) is 8.52. The summed E-state index contributed by atoms with van der Waals surface area (Å²) in [5.41, 5.74) is 2.66. The maximum Gasteiger partial charge on any atom is 0.225 e. The van der Waals surface area contributed by atoms with Gasteiger partial charge in [0.2, 0.25) is 5.95 Å². The zero-order valence-electron chi connectivity index (χ0n) is 15.4. The van der Waals surface area contributed by atoms with Crippen molar-refractivity contribution < 1.29 is 9.47 Å². The number of aromatic nitrogens is 2. The van der Waals surface area contributed by atoms with Crippen LogP contribution in [0.5, 0.6) is 11.5 Å². The lowest BCUT2D eigenvalue weighted by Gasteiger charge is -2.13. The molecular formula is C21H22N4O2. The molecule has 0 saturated carbocycles. The number of nitrogens with one attached hydrogen (secondary N) is 2. The van der Waals surface area contributed by atoms with E-state index in [2.05, 4.69) is 27.2 Å². The van der Waals surface area contributed by atoms with Crippen LogP contribution >= 0.6 is 0 Å². The summed E-state index contributed by atoms with van der Waals surface area (Å²) in [6.45, 7) is 4.30. The van der Waals surface area contributed by atoms with Gasteiger partial charge in [0.15, 0.2) is 11.5 Å². The van der Waals surface area contributed by atoms with Gasteiger partial charge in [0.05, 0.1) is 19.9 Å². The van der Waals surface area contributed by atoms with Gasteiger partial charge in [-0.25, -0.2) is 4.98 Å². The normalized spacial score (nSPS) is 10.1. The minimum atomic E-state index is 0.527. The quantitative estimate of drug-likeness (QED) is 0.575. The van der Waals surface area contributed by atoms with E-state index in [-0.39, 0.29) is 0 Å². The first-order chi connectivity index (χ1) is 13.2. The number of ether oxygens (including phenoxy) is 2. The van der Waals surface area contributed by atoms with E-state index in [4.69, 9.17) is 9.47 Å². The zero-order chi connectivity index (χ0) is 19.1. The molecule has 0 aliphatic rings. The van der Waals surface area contributed by atoms with Crippen molar-refractivity contribution in [3.63, 3.8) is 0 Å². The van der Waals surface area contributed by atoms with E-state index in [1.54, 1.807) is 20.3 Å². The molecule has 6 heteroatoms. The van der Waals surface area contributed by atoms with Crippen molar-refractivity contribution in [1.29, 1.82) is 0 Å². The summed E-state index contributed by atoms with van der Waals surface area (Å²) in [7, 11) is 3.22. The highest BCUT2D eigenvalue weighted by Crippen LogP contribution is 2.31. The van der Waals surface area contributed by atoms with Gasteiger partial charge in [-0.2, -0.15) is 4.98 Å². The highest BCUT2D eigenvalue weighted by molar-refractivity contribution is 5.68. The predicted molar refractivity (Wildman–Crippen MR) is 109 cm³/mol. The molecule has 2 N–H and O–H groups in total. The van der Waals surface area contributed by atoms with Gasteiger partial charge in [0.1, 0.15) is 5.82 Å². The van der Waals surface area contributed by atoms with Crippen molar-refractivity contribution in [2.75, 3.05) is 31.4 Å². The Balaban J connectivity index is 1.95. The molecule has 3 rings (SSSR count). The van der Waals surface area contributed by atoms with Crippen LogP contribution in [0.15, 0.2) is 67.3 Å². The summed E-state index contributed by atoms with van der Waals surface area (Å²) < 4.78 is 10.6. The second-order valence-electron chi connectivity index (χ2n) is 5.69. The fourth-order valence-corrected chi connectivity index (χ4v) is 2.57. The average Bonchev–Trinajstić information content (AvgIpc) is 2.72. The summed E-state index contributed by atoms with van der Waals surface area (Å²) in [5.74, 6) is 2.51. The molecule has 1 heterocycles. The third-order valence-electron chi connectivity index (χ3n) is 3.86. The Labute approximate surface area is 158 Å². The third-order valence-corrected chi connectivity index (χ3v) is 3.86. The summed E-state index contributed by atoms with van der Waals surface area (Å²) in [4.78, 5) is 9.13. The Hall–Kier alpha value is -3.54. The Kier molecular flexibility index (Phi) is 5.89. The fourth-order valence-electron chi connectivity index (χ4n) is 2.57. The van der Waals surface area contributed by atoms with E-state index in [0.29, 0.717) is 29.8 Å². The number of rotatable bonds is 8. The van der Waals surface area contributed by atoms with E-state index < -0.39 is 0 Å². The van der Waals surface area contributed by atoms with E-state index in [0.717, 1.165) is 16.9 Å². The Morgan fingerprint density at radius 1 is 0.963 bits per heavy atom. The Morgan fingerprint density at radius 3 is 2.44 bits per heavy atom. The molecule has 0 unspecified atom stereocenters. The predicted octanol–water partition coefficient (Wildman–Crippen LogP) is 4.50. The van der Waals surface area contributed by atoms with Crippen LogP contribution in [0.1, 0.15) is 0 Å². The number of methoxy groups -OCH3 is 2. The van der Waals surface area contributed by atoms with Gasteiger partial charge >= 0.3 is 0 Å². The van der Waals surface area contributed by atoms with Crippen LogP contribution in [0.25, 0.3) is 11.3 Å². The molecule has 138 valence electrons. The molecule has 0 radical (unpaired) electrons.